The zero-order chi connectivity index (χ0) is 17.1. The van der Waals surface area contributed by atoms with Crippen molar-refractivity contribution in [1.29, 1.82) is 0 Å². The molecule has 4 saturated carbocycles. The zero-order valence-electron chi connectivity index (χ0n) is 15.1. The molecule has 25 heavy (non-hydrogen) atoms. The van der Waals surface area contributed by atoms with Crippen LogP contribution in [0.15, 0.2) is 35.4 Å². The van der Waals surface area contributed by atoms with Gasteiger partial charge in [-0.05, 0) is 92.2 Å². The second-order valence-corrected chi connectivity index (χ2v) is 8.79. The molecule has 5 rings (SSSR count). The normalized spacial score (nSPS) is 33.8. The molecule has 4 heteroatoms. The molecule has 1 N–H and O–H groups in total. The fourth-order valence-electron chi connectivity index (χ4n) is 6.41. The van der Waals surface area contributed by atoms with Crippen molar-refractivity contribution in [2.45, 2.75) is 57.4 Å². The van der Waals surface area contributed by atoms with E-state index in [0.29, 0.717) is 18.0 Å². The van der Waals surface area contributed by atoms with Gasteiger partial charge in [0.15, 0.2) is 0 Å². The average Bonchev–Trinajstić information content (AvgIpc) is 2.60. The quantitative estimate of drug-likeness (QED) is 0.305. The van der Waals surface area contributed by atoms with Gasteiger partial charge >= 0.3 is 0 Å². The van der Waals surface area contributed by atoms with Crippen LogP contribution in [0.4, 0.5) is 0 Å². The smallest absolute Gasteiger partial charge is 0.0417 e. The van der Waals surface area contributed by atoms with Crippen molar-refractivity contribution in [2.24, 2.45) is 28.3 Å². The summed E-state index contributed by atoms with van der Waals surface area (Å²) in [5.41, 5.74) is 10.7. The minimum absolute atomic E-state index is 0.368. The summed E-state index contributed by atoms with van der Waals surface area (Å²) in [5.74, 6) is 2.81. The third kappa shape index (κ3) is 3.70. The molecule has 0 aliphatic heterocycles. The van der Waals surface area contributed by atoms with Crippen LogP contribution in [0.1, 0.15) is 50.5 Å². The summed E-state index contributed by atoms with van der Waals surface area (Å²) >= 11 is 0. The summed E-state index contributed by atoms with van der Waals surface area (Å²) in [5, 5.41) is 7.80. The molecule has 0 aromatic heterocycles. The Morgan fingerprint density at radius 2 is 1.72 bits per heavy atom. The van der Waals surface area contributed by atoms with Crippen LogP contribution in [0.5, 0.6) is 0 Å². The number of hydrogen-bond donors (Lipinski definition) is 1. The predicted molar refractivity (Wildman–Crippen MR) is 101 cm³/mol. The Labute approximate surface area is 151 Å². The van der Waals surface area contributed by atoms with Gasteiger partial charge in [-0.25, -0.2) is 0 Å². The summed E-state index contributed by atoms with van der Waals surface area (Å²) in [6.07, 6.45) is 10.7. The van der Waals surface area contributed by atoms with E-state index in [1.807, 2.05) is 0 Å². The zero-order valence-corrected chi connectivity index (χ0v) is 15.1. The van der Waals surface area contributed by atoms with Crippen LogP contribution in [0, 0.1) is 23.2 Å². The average molecular weight is 338 g/mol. The van der Waals surface area contributed by atoms with Crippen molar-refractivity contribution in [3.8, 4) is 0 Å². The number of nitrogens with one attached hydrogen (secondary N) is 1. The molecule has 4 nitrogen and oxygen atoms in total. The van der Waals surface area contributed by atoms with Gasteiger partial charge in [0.2, 0.25) is 0 Å². The van der Waals surface area contributed by atoms with E-state index < -0.39 is 0 Å². The number of benzene rings is 1. The van der Waals surface area contributed by atoms with Crippen molar-refractivity contribution in [1.82, 2.24) is 5.32 Å². The molecule has 4 aliphatic rings. The van der Waals surface area contributed by atoms with Crippen molar-refractivity contribution in [3.05, 3.63) is 46.3 Å². The molecular weight excluding hydrogens is 308 g/mol. The van der Waals surface area contributed by atoms with Gasteiger partial charge in [-0.2, -0.15) is 0 Å². The number of aryl methyl sites for hydroxylation is 1. The fourth-order valence-corrected chi connectivity index (χ4v) is 6.41. The Bertz CT molecular complexity index is 585. The fraction of sp³-hybridized carbons (Fsp3) is 0.714. The molecule has 134 valence electrons. The lowest BCUT2D eigenvalue weighted by Gasteiger charge is -2.59. The number of nitrogens with zero attached hydrogens (tertiary/aromatic N) is 3. The summed E-state index contributed by atoms with van der Waals surface area (Å²) in [7, 11) is 0. The van der Waals surface area contributed by atoms with Crippen molar-refractivity contribution < 1.29 is 0 Å². The van der Waals surface area contributed by atoms with Gasteiger partial charge in [-0.15, -0.1) is 0 Å². The minimum Gasteiger partial charge on any atom is -0.313 e. The number of azide groups is 1. The van der Waals surface area contributed by atoms with E-state index in [2.05, 4.69) is 45.7 Å². The van der Waals surface area contributed by atoms with Crippen molar-refractivity contribution in [3.63, 3.8) is 0 Å². The van der Waals surface area contributed by atoms with Gasteiger partial charge in [0.1, 0.15) is 0 Å². The molecule has 1 aromatic carbocycles. The molecule has 0 saturated heterocycles. The molecule has 1 atom stereocenters. The van der Waals surface area contributed by atoms with Gasteiger partial charge in [0.25, 0.3) is 0 Å². The largest absolute Gasteiger partial charge is 0.313 e. The van der Waals surface area contributed by atoms with E-state index in [9.17, 15) is 0 Å². The lowest BCUT2D eigenvalue weighted by molar-refractivity contribution is -0.0719. The van der Waals surface area contributed by atoms with Crippen LogP contribution < -0.4 is 5.32 Å². The van der Waals surface area contributed by atoms with Gasteiger partial charge in [0, 0.05) is 17.5 Å². The highest BCUT2D eigenvalue weighted by atomic mass is 15.1. The van der Waals surface area contributed by atoms with E-state index in [0.717, 1.165) is 37.1 Å². The first-order valence-corrected chi connectivity index (χ1v) is 10.1. The van der Waals surface area contributed by atoms with Crippen LogP contribution in [0.3, 0.4) is 0 Å². The SMILES string of the molecule is [N-]=[N+]=NCC(NCCCc1ccccc1)C12CC3CC(CC(C3)C1)C2. The van der Waals surface area contributed by atoms with Crippen LogP contribution in [-0.2, 0) is 6.42 Å². The monoisotopic (exact) mass is 338 g/mol. The first-order chi connectivity index (χ1) is 12.3. The predicted octanol–water partition coefficient (Wildman–Crippen LogP) is 5.10. The van der Waals surface area contributed by atoms with E-state index in [1.54, 1.807) is 0 Å². The molecule has 1 unspecified atom stereocenters. The Morgan fingerprint density at radius 3 is 2.32 bits per heavy atom. The van der Waals surface area contributed by atoms with Gasteiger partial charge in [-0.3, -0.25) is 0 Å². The van der Waals surface area contributed by atoms with Gasteiger partial charge in [0.05, 0.1) is 0 Å². The molecule has 0 spiro atoms. The molecule has 0 radical (unpaired) electrons. The van der Waals surface area contributed by atoms with Crippen LogP contribution in [0.2, 0.25) is 0 Å². The maximum absolute atomic E-state index is 8.85. The molecule has 4 fully saturated rings. The second kappa shape index (κ2) is 7.39. The third-order valence-corrected chi connectivity index (χ3v) is 7.03. The van der Waals surface area contributed by atoms with E-state index >= 15 is 0 Å². The Morgan fingerprint density at radius 1 is 1.08 bits per heavy atom. The summed E-state index contributed by atoms with van der Waals surface area (Å²) in [6.45, 7) is 1.64. The highest BCUT2D eigenvalue weighted by Gasteiger charge is 2.53. The lowest BCUT2D eigenvalue weighted by Crippen LogP contribution is -2.57. The molecular formula is C21H30N4. The van der Waals surface area contributed by atoms with Crippen LogP contribution in [-0.4, -0.2) is 19.1 Å². The standard InChI is InChI=1S/C21H30N4/c22-25-24-15-20(23-8-4-7-16-5-2-1-3-6-16)21-12-17-9-18(13-21)11-19(10-17)14-21/h1-3,5-6,17-20,23H,4,7-15H2. The highest BCUT2D eigenvalue weighted by molar-refractivity contribution is 5.14. The van der Waals surface area contributed by atoms with E-state index in [-0.39, 0.29) is 0 Å². The summed E-state index contributed by atoms with van der Waals surface area (Å²) in [6, 6.07) is 11.1. The maximum Gasteiger partial charge on any atom is 0.0417 e. The van der Waals surface area contributed by atoms with E-state index in [1.165, 1.54) is 44.1 Å². The van der Waals surface area contributed by atoms with E-state index in [4.69, 9.17) is 5.53 Å². The molecule has 0 heterocycles. The van der Waals surface area contributed by atoms with Crippen LogP contribution >= 0.6 is 0 Å². The van der Waals surface area contributed by atoms with Gasteiger partial charge in [-0.1, -0.05) is 35.4 Å². The number of hydrogen-bond acceptors (Lipinski definition) is 2. The Kier molecular flexibility index (Phi) is 5.00. The topological polar surface area (TPSA) is 60.8 Å². The Balaban J connectivity index is 1.37. The molecule has 1 aromatic rings. The molecule has 4 aliphatic carbocycles. The minimum atomic E-state index is 0.368. The highest BCUT2D eigenvalue weighted by Crippen LogP contribution is 2.61. The van der Waals surface area contributed by atoms with Crippen molar-refractivity contribution >= 4 is 0 Å². The second-order valence-electron chi connectivity index (χ2n) is 8.79. The van der Waals surface area contributed by atoms with Crippen molar-refractivity contribution in [2.75, 3.05) is 13.1 Å². The lowest BCUT2D eigenvalue weighted by atomic mass is 9.47. The molecule has 4 bridgehead atoms. The first kappa shape index (κ1) is 16.9. The molecule has 0 amide bonds. The van der Waals surface area contributed by atoms with Gasteiger partial charge < -0.3 is 5.32 Å². The third-order valence-electron chi connectivity index (χ3n) is 7.03. The Hall–Kier alpha value is -1.51. The number of rotatable bonds is 8. The summed E-state index contributed by atoms with van der Waals surface area (Å²) < 4.78 is 0. The maximum atomic E-state index is 8.85. The summed E-state index contributed by atoms with van der Waals surface area (Å²) in [4.78, 5) is 3.06. The van der Waals surface area contributed by atoms with Crippen LogP contribution in [0.25, 0.3) is 10.4 Å². The first-order valence-electron chi connectivity index (χ1n) is 10.1.